The first-order valence-electron chi connectivity index (χ1n) is 15.8. The van der Waals surface area contributed by atoms with Crippen molar-refractivity contribution in [3.05, 3.63) is 143 Å². The lowest BCUT2D eigenvalue weighted by Gasteiger charge is -2.35. The Morgan fingerprint density at radius 2 is 0.909 bits per heavy atom. The van der Waals surface area contributed by atoms with E-state index >= 15 is 0 Å². The zero-order chi connectivity index (χ0) is 31.0. The van der Waals surface area contributed by atoms with Gasteiger partial charge in [0, 0.05) is 16.7 Å². The van der Waals surface area contributed by atoms with E-state index in [9.17, 15) is 24.9 Å². The van der Waals surface area contributed by atoms with Crippen molar-refractivity contribution in [2.45, 2.75) is 81.5 Å². The van der Waals surface area contributed by atoms with Crippen LogP contribution in [0.5, 0.6) is 0 Å². The molecule has 0 saturated heterocycles. The first-order chi connectivity index (χ1) is 21.3. The molecule has 44 heavy (non-hydrogen) atoms. The van der Waals surface area contributed by atoms with E-state index in [1.54, 1.807) is 48.5 Å². The van der Waals surface area contributed by atoms with Crippen LogP contribution in [-0.4, -0.2) is 26.9 Å². The molecule has 2 aliphatic carbocycles. The molecule has 1 unspecified atom stereocenters. The summed E-state index contributed by atoms with van der Waals surface area (Å²) in [5, 5.41) is 32.5. The molecule has 0 bridgehead atoms. The summed E-state index contributed by atoms with van der Waals surface area (Å²) in [4.78, 5) is 25.5. The van der Waals surface area contributed by atoms with Crippen LogP contribution in [0.25, 0.3) is 0 Å². The minimum Gasteiger partial charge on any atom is -0.385 e. The van der Waals surface area contributed by atoms with Crippen LogP contribution in [0.2, 0.25) is 0 Å². The van der Waals surface area contributed by atoms with Gasteiger partial charge in [-0.15, -0.1) is 0 Å². The van der Waals surface area contributed by atoms with Crippen LogP contribution < -0.4 is 0 Å². The van der Waals surface area contributed by atoms with Crippen LogP contribution in [0.3, 0.4) is 0 Å². The highest BCUT2D eigenvalue weighted by Gasteiger charge is 2.37. The fraction of sp³-hybridized carbons (Fsp3) is 0.333. The number of hydrogen-bond acceptors (Lipinski definition) is 5. The highest BCUT2D eigenvalue weighted by Crippen LogP contribution is 2.41. The van der Waals surface area contributed by atoms with E-state index in [2.05, 4.69) is 0 Å². The molecule has 4 aromatic carbocycles. The van der Waals surface area contributed by atoms with Gasteiger partial charge in [-0.3, -0.25) is 9.59 Å². The summed E-state index contributed by atoms with van der Waals surface area (Å²) in [6.45, 7) is 0. The molecule has 228 valence electrons. The lowest BCUT2D eigenvalue weighted by molar-refractivity contribution is -0.00188. The Bertz CT molecular complexity index is 1460. The van der Waals surface area contributed by atoms with Gasteiger partial charge in [-0.1, -0.05) is 148 Å². The Hall–Kier alpha value is -3.90. The number of Topliss-reactive ketones (excluding diaryl/α,β-unsaturated/α-hetero) is 1. The van der Waals surface area contributed by atoms with E-state index in [1.165, 1.54) is 0 Å². The zero-order valence-corrected chi connectivity index (χ0v) is 25.2. The summed E-state index contributed by atoms with van der Waals surface area (Å²) in [6.07, 6.45) is 7.90. The van der Waals surface area contributed by atoms with Crippen LogP contribution >= 0.6 is 0 Å². The Morgan fingerprint density at radius 1 is 0.523 bits per heavy atom. The molecule has 0 spiro atoms. The third-order valence-electron chi connectivity index (χ3n) is 9.13. The summed E-state index contributed by atoms with van der Waals surface area (Å²) in [6, 6.07) is 32.7. The van der Waals surface area contributed by atoms with Crippen LogP contribution in [0.15, 0.2) is 109 Å². The second-order valence-electron chi connectivity index (χ2n) is 12.1. The third-order valence-corrected chi connectivity index (χ3v) is 9.13. The quantitative estimate of drug-likeness (QED) is 0.191. The van der Waals surface area contributed by atoms with Gasteiger partial charge in [0.25, 0.3) is 0 Å². The largest absolute Gasteiger partial charge is 0.385 e. The second-order valence-corrected chi connectivity index (χ2v) is 12.1. The highest BCUT2D eigenvalue weighted by atomic mass is 16.3. The van der Waals surface area contributed by atoms with Crippen LogP contribution in [0.4, 0.5) is 0 Å². The van der Waals surface area contributed by atoms with Gasteiger partial charge in [-0.25, -0.2) is 0 Å². The normalized spacial score (nSPS) is 17.9. The highest BCUT2D eigenvalue weighted by molar-refractivity contribution is 6.11. The van der Waals surface area contributed by atoms with Gasteiger partial charge in [-0.2, -0.15) is 0 Å². The van der Waals surface area contributed by atoms with Crippen molar-refractivity contribution in [2.75, 3.05) is 0 Å². The lowest BCUT2D eigenvalue weighted by Crippen LogP contribution is -2.32. The molecule has 0 aromatic heterocycles. The Balaban J connectivity index is 0.000000204. The summed E-state index contributed by atoms with van der Waals surface area (Å²) in [5.41, 5.74) is 1.91. The molecule has 0 amide bonds. The number of rotatable bonds is 7. The number of aliphatic hydroxyl groups is 3. The number of benzene rings is 4. The smallest absolute Gasteiger partial charge is 0.195 e. The molecule has 0 heterocycles. The summed E-state index contributed by atoms with van der Waals surface area (Å²) in [5.74, 6) is -0.365. The van der Waals surface area contributed by atoms with E-state index < -0.39 is 17.3 Å². The third kappa shape index (κ3) is 7.07. The van der Waals surface area contributed by atoms with Gasteiger partial charge in [0.1, 0.15) is 6.10 Å². The van der Waals surface area contributed by atoms with Crippen molar-refractivity contribution < 1.29 is 24.9 Å². The molecule has 5 nitrogen and oxygen atoms in total. The maximum atomic E-state index is 13.6. The number of ketones is 2. The van der Waals surface area contributed by atoms with Crippen molar-refractivity contribution in [3.8, 4) is 0 Å². The van der Waals surface area contributed by atoms with Gasteiger partial charge >= 0.3 is 0 Å². The molecule has 3 N–H and O–H groups in total. The van der Waals surface area contributed by atoms with Crippen molar-refractivity contribution in [1.29, 1.82) is 0 Å². The van der Waals surface area contributed by atoms with E-state index in [-0.39, 0.29) is 11.6 Å². The van der Waals surface area contributed by atoms with Crippen molar-refractivity contribution in [3.63, 3.8) is 0 Å². The standard InChI is InChI=1S/C25H30O3.C14H12O2/c26-23(19-11-3-5-13-21(19)24(27)15-7-1-8-16-24)20-12-4-6-14-22(20)25(28)17-9-2-10-18-25;15-13(11-7-3-1-4-8-11)14(16)12-9-5-2-6-10-12/h3-6,11-14,27-28H,1-2,7-10,15-18H2;1-10,13,15H. The predicted octanol–water partition coefficient (Wildman–Crippen LogP) is 7.82. The van der Waals surface area contributed by atoms with Crippen LogP contribution in [0, 0.1) is 0 Å². The topological polar surface area (TPSA) is 94.8 Å². The van der Waals surface area contributed by atoms with Crippen molar-refractivity contribution in [2.24, 2.45) is 0 Å². The number of carbonyl (C=O) groups is 2. The fourth-order valence-corrected chi connectivity index (χ4v) is 6.68. The molecular weight excluding hydrogens is 548 g/mol. The summed E-state index contributed by atoms with van der Waals surface area (Å²) < 4.78 is 0. The molecule has 4 aromatic rings. The first kappa shape index (κ1) is 31.5. The molecule has 2 aliphatic rings. The number of aliphatic hydroxyl groups excluding tert-OH is 1. The maximum absolute atomic E-state index is 13.6. The number of carbonyl (C=O) groups excluding carboxylic acids is 2. The van der Waals surface area contributed by atoms with E-state index in [4.69, 9.17) is 0 Å². The summed E-state index contributed by atoms with van der Waals surface area (Å²) in [7, 11) is 0. The fourth-order valence-electron chi connectivity index (χ4n) is 6.68. The number of hydrogen-bond donors (Lipinski definition) is 3. The molecule has 2 fully saturated rings. The maximum Gasteiger partial charge on any atom is 0.195 e. The van der Waals surface area contributed by atoms with Crippen LogP contribution in [-0.2, 0) is 11.2 Å². The first-order valence-corrected chi connectivity index (χ1v) is 15.8. The lowest BCUT2D eigenvalue weighted by atomic mass is 9.74. The van der Waals surface area contributed by atoms with Gasteiger partial charge in [0.15, 0.2) is 11.6 Å². The monoisotopic (exact) mass is 590 g/mol. The van der Waals surface area contributed by atoms with Gasteiger partial charge in [0.05, 0.1) is 11.2 Å². The molecule has 2 saturated carbocycles. The Kier molecular flexibility index (Phi) is 10.2. The van der Waals surface area contributed by atoms with E-state index in [0.29, 0.717) is 47.9 Å². The Morgan fingerprint density at radius 3 is 1.36 bits per heavy atom. The molecule has 6 rings (SSSR count). The SMILES string of the molecule is O=C(c1ccccc1)C(O)c1ccccc1.O=C(c1ccccc1C1(O)CCCCC1)c1ccccc1C1(O)CCCCC1. The summed E-state index contributed by atoms with van der Waals surface area (Å²) >= 11 is 0. The van der Waals surface area contributed by atoms with Gasteiger partial charge in [0.2, 0.25) is 0 Å². The average Bonchev–Trinajstić information content (AvgIpc) is 3.09. The molecule has 0 radical (unpaired) electrons. The molecule has 1 atom stereocenters. The second kappa shape index (κ2) is 14.3. The van der Waals surface area contributed by atoms with Gasteiger partial charge < -0.3 is 15.3 Å². The zero-order valence-electron chi connectivity index (χ0n) is 25.2. The molecular formula is C39H42O5. The van der Waals surface area contributed by atoms with E-state index in [0.717, 1.165) is 49.7 Å². The average molecular weight is 591 g/mol. The minimum absolute atomic E-state index is 0.0933. The van der Waals surface area contributed by atoms with E-state index in [1.807, 2.05) is 60.7 Å². The molecule has 5 heteroatoms. The van der Waals surface area contributed by atoms with Crippen molar-refractivity contribution in [1.82, 2.24) is 0 Å². The Labute approximate surface area is 260 Å². The van der Waals surface area contributed by atoms with Crippen molar-refractivity contribution >= 4 is 11.6 Å². The van der Waals surface area contributed by atoms with Gasteiger partial charge in [-0.05, 0) is 42.4 Å². The minimum atomic E-state index is -1.08. The molecule has 0 aliphatic heterocycles. The van der Waals surface area contributed by atoms with Crippen LogP contribution in [0.1, 0.15) is 113 Å². The predicted molar refractivity (Wildman–Crippen MR) is 172 cm³/mol.